The van der Waals surface area contributed by atoms with Crippen LogP contribution in [0.1, 0.15) is 37.3 Å². The van der Waals surface area contributed by atoms with Crippen molar-refractivity contribution in [3.63, 3.8) is 0 Å². The Labute approximate surface area is 204 Å². The zero-order valence-corrected chi connectivity index (χ0v) is 20.0. The smallest absolute Gasteiger partial charge is 0.323 e. The molecule has 1 aromatic heterocycles. The second-order valence-corrected chi connectivity index (χ2v) is 9.09. The first-order valence-electron chi connectivity index (χ1n) is 11.8. The van der Waals surface area contributed by atoms with Gasteiger partial charge < -0.3 is 15.4 Å². The molecule has 0 fully saturated rings. The van der Waals surface area contributed by atoms with Gasteiger partial charge in [-0.3, -0.25) is 0 Å². The quantitative estimate of drug-likeness (QED) is 0.340. The first-order chi connectivity index (χ1) is 17.0. The van der Waals surface area contributed by atoms with Crippen LogP contribution < -0.4 is 15.4 Å². The maximum atomic E-state index is 13.0. The summed E-state index contributed by atoms with van der Waals surface area (Å²) in [6.07, 6.45) is 0.945. The number of carbonyl (C=O) groups is 1. The highest BCUT2D eigenvalue weighted by Gasteiger charge is 2.26. The van der Waals surface area contributed by atoms with Gasteiger partial charge in [0, 0.05) is 11.3 Å². The number of carbonyl (C=O) groups excluding carboxylic acids is 1. The summed E-state index contributed by atoms with van der Waals surface area (Å²) in [6, 6.07) is 19.4. The van der Waals surface area contributed by atoms with Gasteiger partial charge in [-0.1, -0.05) is 55.8 Å². The number of hydrogen-bond acceptors (Lipinski definition) is 5. The molecule has 0 bridgehead atoms. The highest BCUT2D eigenvalue weighted by molar-refractivity contribution is 6.01. The van der Waals surface area contributed by atoms with E-state index in [2.05, 4.69) is 51.2 Å². The molecule has 2 atom stereocenters. The number of aromatic amines is 1. The lowest BCUT2D eigenvalue weighted by Gasteiger charge is -2.21. The molecular formula is C27H28N6O2. The first-order valence-corrected chi connectivity index (χ1v) is 11.8. The average Bonchev–Trinajstić information content (AvgIpc) is 3.36. The molecule has 0 radical (unpaired) electrons. The molecule has 3 aromatic carbocycles. The van der Waals surface area contributed by atoms with E-state index in [-0.39, 0.29) is 11.9 Å². The zero-order valence-electron chi connectivity index (χ0n) is 20.0. The van der Waals surface area contributed by atoms with Crippen molar-refractivity contribution in [3.8, 4) is 28.3 Å². The summed E-state index contributed by atoms with van der Waals surface area (Å²) in [5, 5.41) is 20.4. The van der Waals surface area contributed by atoms with Crippen LogP contribution in [0, 0.1) is 12.8 Å². The molecule has 1 aliphatic heterocycles. The molecule has 0 spiro atoms. The number of H-pyrrole nitrogens is 1. The van der Waals surface area contributed by atoms with Crippen molar-refractivity contribution in [1.82, 2.24) is 20.6 Å². The van der Waals surface area contributed by atoms with Crippen molar-refractivity contribution >= 4 is 17.4 Å². The molecule has 5 rings (SSSR count). The summed E-state index contributed by atoms with van der Waals surface area (Å²) in [7, 11) is 0. The summed E-state index contributed by atoms with van der Waals surface area (Å²) >= 11 is 0. The van der Waals surface area contributed by atoms with Crippen molar-refractivity contribution < 1.29 is 9.53 Å². The molecule has 2 unspecified atom stereocenters. The van der Waals surface area contributed by atoms with E-state index in [1.807, 2.05) is 61.5 Å². The minimum atomic E-state index is -0.325. The van der Waals surface area contributed by atoms with Gasteiger partial charge in [0.15, 0.2) is 5.82 Å². The minimum Gasteiger partial charge on any atom is -0.491 e. The molecule has 3 N–H and O–H groups in total. The Morgan fingerprint density at radius 1 is 1.03 bits per heavy atom. The average molecular weight is 469 g/mol. The van der Waals surface area contributed by atoms with Gasteiger partial charge in [0.2, 0.25) is 0 Å². The van der Waals surface area contributed by atoms with Crippen molar-refractivity contribution in [3.05, 3.63) is 71.8 Å². The van der Waals surface area contributed by atoms with E-state index in [9.17, 15) is 4.79 Å². The molecule has 1 aliphatic rings. The number of urea groups is 1. The van der Waals surface area contributed by atoms with Crippen LogP contribution >= 0.6 is 0 Å². The molecule has 0 saturated heterocycles. The molecule has 0 aliphatic carbocycles. The number of rotatable bonds is 4. The topological polar surface area (TPSA) is 105 Å². The fourth-order valence-electron chi connectivity index (χ4n) is 4.44. The van der Waals surface area contributed by atoms with Crippen LogP contribution in [0.4, 0.5) is 16.2 Å². The Morgan fingerprint density at radius 2 is 1.80 bits per heavy atom. The molecule has 8 nitrogen and oxygen atoms in total. The normalized spacial score (nSPS) is 17.1. The number of tetrazole rings is 1. The number of fused-ring (bicyclic) bond motifs is 1. The lowest BCUT2D eigenvalue weighted by atomic mass is 9.85. The highest BCUT2D eigenvalue weighted by Crippen LogP contribution is 2.44. The van der Waals surface area contributed by atoms with E-state index >= 15 is 0 Å². The number of nitrogens with one attached hydrogen (secondary N) is 3. The summed E-state index contributed by atoms with van der Waals surface area (Å²) < 4.78 is 6.20. The van der Waals surface area contributed by atoms with Gasteiger partial charge >= 0.3 is 6.03 Å². The number of ether oxygens (including phenoxy) is 1. The fourth-order valence-corrected chi connectivity index (χ4v) is 4.44. The van der Waals surface area contributed by atoms with E-state index in [0.717, 1.165) is 45.7 Å². The molecule has 4 aromatic rings. The van der Waals surface area contributed by atoms with Crippen LogP contribution in [0.25, 0.3) is 22.5 Å². The molecule has 0 saturated carbocycles. The monoisotopic (exact) mass is 468 g/mol. The van der Waals surface area contributed by atoms with Gasteiger partial charge in [0.25, 0.3) is 0 Å². The number of aryl methyl sites for hydroxylation is 1. The SMILES string of the molecule is Cc1ccc(NC(=O)Nc2cc(-c3ccccc3-c3nnn[nH]3)cc3c2OCCC(C)C3C)cc1. The molecular weight excluding hydrogens is 440 g/mol. The van der Waals surface area contributed by atoms with E-state index < -0.39 is 0 Å². The first kappa shape index (κ1) is 22.6. The van der Waals surface area contributed by atoms with E-state index in [1.165, 1.54) is 0 Å². The van der Waals surface area contributed by atoms with Gasteiger partial charge in [-0.2, -0.15) is 0 Å². The Bertz CT molecular complexity index is 1330. The van der Waals surface area contributed by atoms with Crippen LogP contribution in [-0.4, -0.2) is 33.3 Å². The Hall–Kier alpha value is -4.20. The number of benzene rings is 3. The van der Waals surface area contributed by atoms with Crippen LogP contribution in [0.5, 0.6) is 5.75 Å². The number of nitrogens with zero attached hydrogens (tertiary/aromatic N) is 3. The Morgan fingerprint density at radius 3 is 2.54 bits per heavy atom. The largest absolute Gasteiger partial charge is 0.491 e. The van der Waals surface area contributed by atoms with Crippen LogP contribution in [0.2, 0.25) is 0 Å². The third kappa shape index (κ3) is 4.73. The van der Waals surface area contributed by atoms with Crippen LogP contribution in [0.15, 0.2) is 60.7 Å². The van der Waals surface area contributed by atoms with Crippen molar-refractivity contribution in [2.75, 3.05) is 17.2 Å². The zero-order chi connectivity index (χ0) is 24.4. The fraction of sp³-hybridized carbons (Fsp3) is 0.259. The Balaban J connectivity index is 1.57. The number of aromatic nitrogens is 4. The molecule has 2 amide bonds. The Kier molecular flexibility index (Phi) is 6.18. The van der Waals surface area contributed by atoms with Gasteiger partial charge in [-0.25, -0.2) is 9.89 Å². The number of anilines is 2. The van der Waals surface area contributed by atoms with E-state index in [4.69, 9.17) is 4.74 Å². The lowest BCUT2D eigenvalue weighted by molar-refractivity contribution is 0.261. The minimum absolute atomic E-state index is 0.257. The maximum absolute atomic E-state index is 13.0. The van der Waals surface area contributed by atoms with Gasteiger partial charge in [0.05, 0.1) is 12.3 Å². The third-order valence-electron chi connectivity index (χ3n) is 6.68. The van der Waals surface area contributed by atoms with E-state index in [1.54, 1.807) is 0 Å². The van der Waals surface area contributed by atoms with Crippen molar-refractivity contribution in [1.29, 1.82) is 0 Å². The third-order valence-corrected chi connectivity index (χ3v) is 6.68. The van der Waals surface area contributed by atoms with Gasteiger partial charge in [0.1, 0.15) is 5.75 Å². The van der Waals surface area contributed by atoms with Crippen molar-refractivity contribution in [2.24, 2.45) is 5.92 Å². The summed E-state index contributed by atoms with van der Waals surface area (Å²) in [6.45, 7) is 7.06. The molecule has 2 heterocycles. The van der Waals surface area contributed by atoms with Crippen LogP contribution in [-0.2, 0) is 0 Å². The molecule has 35 heavy (non-hydrogen) atoms. The standard InChI is InChI=1S/C27H28N6O2/c1-16-8-10-20(11-9-16)28-27(34)29-24-15-19(14-23-18(3)17(2)12-13-35-25(23)24)21-6-4-5-7-22(21)26-30-32-33-31-26/h4-11,14-15,17-18H,12-13H2,1-3H3,(H2,28,29,34)(H,30,31,32,33). The predicted octanol–water partition coefficient (Wildman–Crippen LogP) is 6.01. The summed E-state index contributed by atoms with van der Waals surface area (Å²) in [5.74, 6) is 2.00. The molecule has 8 heteroatoms. The lowest BCUT2D eigenvalue weighted by Crippen LogP contribution is -2.20. The summed E-state index contributed by atoms with van der Waals surface area (Å²) in [4.78, 5) is 13.0. The predicted molar refractivity (Wildman–Crippen MR) is 137 cm³/mol. The number of amides is 2. The summed E-state index contributed by atoms with van der Waals surface area (Å²) in [5.41, 5.74) is 6.35. The van der Waals surface area contributed by atoms with Crippen LogP contribution in [0.3, 0.4) is 0 Å². The van der Waals surface area contributed by atoms with Gasteiger partial charge in [-0.15, -0.1) is 5.10 Å². The van der Waals surface area contributed by atoms with E-state index in [0.29, 0.717) is 24.0 Å². The second-order valence-electron chi connectivity index (χ2n) is 9.09. The maximum Gasteiger partial charge on any atom is 0.323 e. The molecule has 178 valence electrons. The number of hydrogen-bond donors (Lipinski definition) is 3. The second kappa shape index (κ2) is 9.58. The van der Waals surface area contributed by atoms with Crippen molar-refractivity contribution in [2.45, 2.75) is 33.1 Å². The highest BCUT2D eigenvalue weighted by atomic mass is 16.5. The van der Waals surface area contributed by atoms with Gasteiger partial charge in [-0.05, 0) is 76.6 Å².